The lowest BCUT2D eigenvalue weighted by atomic mass is 9.90. The molecule has 8 nitrogen and oxygen atoms in total. The maximum Gasteiger partial charge on any atom is 0.339 e. The van der Waals surface area contributed by atoms with Gasteiger partial charge in [0.25, 0.3) is 0 Å². The number of esters is 1. The second-order valence-electron chi connectivity index (χ2n) is 13.7. The van der Waals surface area contributed by atoms with Crippen LogP contribution in [0.3, 0.4) is 0 Å². The number of rotatable bonds is 8. The van der Waals surface area contributed by atoms with E-state index in [2.05, 4.69) is 4.90 Å². The Bertz CT molecular complexity index is 2080. The van der Waals surface area contributed by atoms with Gasteiger partial charge < -0.3 is 14.2 Å². The Morgan fingerprint density at radius 2 is 1.85 bits per heavy atom. The van der Waals surface area contributed by atoms with E-state index in [1.165, 1.54) is 16.0 Å². The van der Waals surface area contributed by atoms with Crippen LogP contribution in [-0.4, -0.2) is 70.2 Å². The van der Waals surface area contributed by atoms with E-state index in [4.69, 9.17) is 40.0 Å². The number of thiazole rings is 1. The molecule has 3 aromatic carbocycles. The molecule has 0 bridgehead atoms. The highest BCUT2D eigenvalue weighted by Crippen LogP contribution is 2.45. The normalized spacial score (nSPS) is 18.4. The minimum Gasteiger partial charge on any atom is -0.464 e. The number of halogens is 1. The molecule has 5 aromatic rings. The summed E-state index contributed by atoms with van der Waals surface area (Å²) in [4.78, 5) is 21.2. The van der Waals surface area contributed by atoms with Crippen molar-refractivity contribution in [3.8, 4) is 21.7 Å². The number of nitrogens with zero attached hydrogens (tertiary/aromatic N) is 4. The average molecular weight is 690 g/mol. The highest BCUT2D eigenvalue weighted by Gasteiger charge is 2.34. The van der Waals surface area contributed by atoms with E-state index < -0.39 is 24.7 Å². The third-order valence-electron chi connectivity index (χ3n) is 9.30. The Balaban J connectivity index is 1.37. The molecule has 7 rings (SSSR count). The SMILES string of the molecule is [2H]C([2H])([2H])n1nc(C2CCN(C3COC3)CC2)c2cc(-c3nc4cc(C)c([C@H](OC(C)(C)C)C(=O)OCC)c(-c5ccc(Cl)cc5)c4s3)ccc21. The van der Waals surface area contributed by atoms with Crippen molar-refractivity contribution >= 4 is 50.0 Å². The number of piperidine rings is 1. The highest BCUT2D eigenvalue weighted by atomic mass is 35.5. The lowest BCUT2D eigenvalue weighted by Gasteiger charge is -2.41. The second-order valence-corrected chi connectivity index (χ2v) is 15.2. The van der Waals surface area contributed by atoms with Crippen LogP contribution < -0.4 is 0 Å². The van der Waals surface area contributed by atoms with Gasteiger partial charge in [0.2, 0.25) is 0 Å². The van der Waals surface area contributed by atoms with Crippen LogP contribution >= 0.6 is 22.9 Å². The summed E-state index contributed by atoms with van der Waals surface area (Å²) in [5.74, 6) is -0.311. The van der Waals surface area contributed by atoms with Crippen LogP contribution in [0.15, 0.2) is 48.5 Å². The standard InChI is InChI=1S/C38H43ClN4O4S/c1-7-46-37(44)34(47-38(3,4)5)31-22(2)18-29-35(32(31)23-8-11-26(39)12-9-23)48-36(40-29)25-10-13-30-28(19-25)33(41-42(30)6)24-14-16-43(17-15-24)27-20-45-21-27/h8-13,18-19,24,27,34H,7,14-17,20-21H2,1-6H3/t34-/m0/s1/i6D3. The van der Waals surface area contributed by atoms with Crippen LogP contribution in [0.1, 0.15) is 73.5 Å². The second kappa shape index (κ2) is 13.2. The predicted molar refractivity (Wildman–Crippen MR) is 193 cm³/mol. The smallest absolute Gasteiger partial charge is 0.339 e. The predicted octanol–water partition coefficient (Wildman–Crippen LogP) is 8.48. The molecule has 2 saturated heterocycles. The summed E-state index contributed by atoms with van der Waals surface area (Å²) in [6.45, 7) is 10.7. The minimum absolute atomic E-state index is 0.142. The average Bonchev–Trinajstić information content (AvgIpc) is 3.65. The first-order valence-electron chi connectivity index (χ1n) is 18.1. The molecule has 2 aliphatic rings. The van der Waals surface area contributed by atoms with Crippen LogP contribution in [-0.2, 0) is 26.0 Å². The first-order chi connectivity index (χ1) is 24.2. The molecule has 48 heavy (non-hydrogen) atoms. The Morgan fingerprint density at radius 1 is 1.12 bits per heavy atom. The highest BCUT2D eigenvalue weighted by molar-refractivity contribution is 7.22. The van der Waals surface area contributed by atoms with Crippen molar-refractivity contribution in [3.05, 3.63) is 70.4 Å². The molecule has 4 heterocycles. The molecule has 0 saturated carbocycles. The molecular formula is C38H43ClN4O4S. The van der Waals surface area contributed by atoms with Crippen LogP contribution in [0.4, 0.5) is 0 Å². The van der Waals surface area contributed by atoms with E-state index >= 15 is 0 Å². The third kappa shape index (κ3) is 6.39. The molecule has 10 heteroatoms. The summed E-state index contributed by atoms with van der Waals surface area (Å²) in [5.41, 5.74) is 5.72. The summed E-state index contributed by atoms with van der Waals surface area (Å²) in [7, 11) is 0. The molecule has 0 spiro atoms. The summed E-state index contributed by atoms with van der Waals surface area (Å²) in [6, 6.07) is 15.9. The monoisotopic (exact) mass is 689 g/mol. The number of carbonyl (C=O) groups excluding carboxylic acids is 1. The minimum atomic E-state index is -2.41. The van der Waals surface area contributed by atoms with Gasteiger partial charge in [0.1, 0.15) is 5.01 Å². The van der Waals surface area contributed by atoms with E-state index in [0.29, 0.717) is 16.6 Å². The summed E-state index contributed by atoms with van der Waals surface area (Å²) in [5, 5.41) is 6.97. The number of hydrogen-bond donors (Lipinski definition) is 0. The number of aryl methyl sites for hydroxylation is 2. The van der Waals surface area contributed by atoms with Gasteiger partial charge in [0.15, 0.2) is 6.10 Å². The van der Waals surface area contributed by atoms with Crippen molar-refractivity contribution in [2.75, 3.05) is 32.9 Å². The number of fused-ring (bicyclic) bond motifs is 2. The fourth-order valence-electron chi connectivity index (χ4n) is 6.92. The fraction of sp³-hybridized carbons (Fsp3) is 0.447. The quantitative estimate of drug-likeness (QED) is 0.151. The number of ether oxygens (including phenoxy) is 3. The van der Waals surface area contributed by atoms with Crippen LogP contribution in [0, 0.1) is 6.92 Å². The van der Waals surface area contributed by atoms with Crippen molar-refractivity contribution in [1.29, 1.82) is 0 Å². The van der Waals surface area contributed by atoms with Gasteiger partial charge in [0, 0.05) is 44.1 Å². The maximum absolute atomic E-state index is 13.6. The lowest BCUT2D eigenvalue weighted by molar-refractivity contribution is -0.166. The summed E-state index contributed by atoms with van der Waals surface area (Å²) in [6.07, 6.45) is 0.831. The van der Waals surface area contributed by atoms with Gasteiger partial charge in [-0.1, -0.05) is 23.7 Å². The Hall–Kier alpha value is -3.34. The molecule has 2 aliphatic heterocycles. The van der Waals surface area contributed by atoms with Crippen LogP contribution in [0.25, 0.3) is 42.8 Å². The summed E-state index contributed by atoms with van der Waals surface area (Å²) >= 11 is 7.86. The van der Waals surface area contributed by atoms with Crippen LogP contribution in [0.5, 0.6) is 0 Å². The van der Waals surface area contributed by atoms with Crippen molar-refractivity contribution in [2.24, 2.45) is 6.98 Å². The van der Waals surface area contributed by atoms with Gasteiger partial charge in [-0.15, -0.1) is 11.3 Å². The molecule has 2 aromatic heterocycles. The van der Waals surface area contributed by atoms with E-state index in [-0.39, 0.29) is 12.5 Å². The summed E-state index contributed by atoms with van der Waals surface area (Å²) < 4.78 is 44.3. The molecule has 0 unspecified atom stereocenters. The van der Waals surface area contributed by atoms with E-state index in [9.17, 15) is 4.79 Å². The molecule has 252 valence electrons. The zero-order chi connectivity index (χ0) is 36.2. The van der Waals surface area contributed by atoms with Gasteiger partial charge in [-0.25, -0.2) is 9.78 Å². The molecular weight excluding hydrogens is 644 g/mol. The zero-order valence-electron chi connectivity index (χ0n) is 31.0. The van der Waals surface area contributed by atoms with E-state index in [1.807, 2.05) is 76.2 Å². The van der Waals surface area contributed by atoms with Crippen molar-refractivity contribution in [1.82, 2.24) is 19.7 Å². The van der Waals surface area contributed by atoms with E-state index in [1.54, 1.807) is 6.92 Å². The molecule has 0 amide bonds. The fourth-order valence-corrected chi connectivity index (χ4v) is 8.17. The Kier molecular flexibility index (Phi) is 8.11. The number of hydrogen-bond acceptors (Lipinski definition) is 8. The first kappa shape index (κ1) is 29.6. The van der Waals surface area contributed by atoms with Gasteiger partial charge >= 0.3 is 5.97 Å². The van der Waals surface area contributed by atoms with Gasteiger partial charge in [-0.2, -0.15) is 5.10 Å². The zero-order valence-corrected chi connectivity index (χ0v) is 29.6. The van der Waals surface area contributed by atoms with Crippen molar-refractivity contribution in [3.63, 3.8) is 0 Å². The van der Waals surface area contributed by atoms with Gasteiger partial charge in [0.05, 0.1) is 52.9 Å². The first-order valence-corrected chi connectivity index (χ1v) is 17.8. The van der Waals surface area contributed by atoms with Crippen molar-refractivity contribution in [2.45, 2.75) is 71.1 Å². The lowest BCUT2D eigenvalue weighted by Crippen LogP contribution is -2.51. The molecule has 0 radical (unpaired) electrons. The molecule has 2 fully saturated rings. The number of benzene rings is 3. The number of carbonyl (C=O) groups is 1. The molecule has 0 aliphatic carbocycles. The maximum atomic E-state index is 13.6. The largest absolute Gasteiger partial charge is 0.464 e. The topological polar surface area (TPSA) is 78.7 Å². The van der Waals surface area contributed by atoms with E-state index in [0.717, 1.165) is 93.3 Å². The number of aromatic nitrogens is 3. The van der Waals surface area contributed by atoms with Crippen molar-refractivity contribution < 1.29 is 23.1 Å². The Labute approximate surface area is 295 Å². The third-order valence-corrected chi connectivity index (χ3v) is 10.7. The van der Waals surface area contributed by atoms with Gasteiger partial charge in [-0.05, 0) is 108 Å². The molecule has 1 atom stereocenters. The Morgan fingerprint density at radius 3 is 2.50 bits per heavy atom. The van der Waals surface area contributed by atoms with Gasteiger partial charge in [-0.3, -0.25) is 9.58 Å². The number of likely N-dealkylation sites (tertiary alicyclic amines) is 1. The van der Waals surface area contributed by atoms with Crippen LogP contribution in [0.2, 0.25) is 5.02 Å². The molecule has 0 N–H and O–H groups in total.